The summed E-state index contributed by atoms with van der Waals surface area (Å²) in [6.45, 7) is 2.10. The molecule has 0 aliphatic heterocycles. The number of aromatic nitrogens is 3. The zero-order chi connectivity index (χ0) is 23.8. The molecule has 0 radical (unpaired) electrons. The first-order valence-corrected chi connectivity index (χ1v) is 10.5. The van der Waals surface area contributed by atoms with Gasteiger partial charge in [-0.05, 0) is 31.9 Å². The molecule has 0 saturated heterocycles. The van der Waals surface area contributed by atoms with Crippen molar-refractivity contribution in [1.82, 2.24) is 25.6 Å². The maximum atomic E-state index is 13.2. The first-order chi connectivity index (χ1) is 15.9. The van der Waals surface area contributed by atoms with Gasteiger partial charge in [-0.1, -0.05) is 0 Å². The van der Waals surface area contributed by atoms with Crippen LogP contribution < -0.4 is 21.7 Å². The summed E-state index contributed by atoms with van der Waals surface area (Å²) in [5.74, 6) is -0.738. The highest BCUT2D eigenvalue weighted by Crippen LogP contribution is 2.39. The fraction of sp³-hybridized carbons (Fsp3) is 0.364. The second-order valence-corrected chi connectivity index (χ2v) is 7.66. The molecule has 2 aromatic heterocycles. The molecule has 1 unspecified atom stereocenters. The summed E-state index contributed by atoms with van der Waals surface area (Å²) >= 11 is 0. The number of aliphatic imine (C=N–C) groups is 1. The minimum Gasteiger partial charge on any atom is -0.393 e. The van der Waals surface area contributed by atoms with Gasteiger partial charge < -0.3 is 26.4 Å². The van der Waals surface area contributed by atoms with Crippen LogP contribution in [-0.2, 0) is 9.53 Å². The lowest BCUT2D eigenvalue weighted by molar-refractivity contribution is -0.118. The average molecular weight is 453 g/mol. The number of carbonyl (C=O) groups excluding carboxylic acids is 2. The van der Waals surface area contributed by atoms with E-state index in [0.29, 0.717) is 23.9 Å². The molecule has 1 saturated carbocycles. The standard InChI is InChI=1S/C22H28N8O3/c1-13(11-33-3)27-21(31)19(23)18(10-24-2)30-22(32)20-17(28-15-8-25-12-26-9-15)7-6-16(29-20)14-4-5-14/h6-10,12-14,28H,4-5,11,23H2,1-3H3,(H,27,31)(H,30,32). The quantitative estimate of drug-likeness (QED) is 0.310. The Morgan fingerprint density at radius 2 is 2.03 bits per heavy atom. The number of nitrogens with one attached hydrogen (secondary N) is 3. The van der Waals surface area contributed by atoms with Gasteiger partial charge in [0.15, 0.2) is 5.69 Å². The summed E-state index contributed by atoms with van der Waals surface area (Å²) in [7, 11) is 3.05. The number of allylic oxidation sites excluding steroid dienone is 1. The third-order valence-corrected chi connectivity index (χ3v) is 4.80. The molecule has 1 fully saturated rings. The summed E-state index contributed by atoms with van der Waals surface area (Å²) in [4.78, 5) is 42.2. The molecule has 0 aromatic carbocycles. The number of amides is 2. The summed E-state index contributed by atoms with van der Waals surface area (Å²) in [5.41, 5.74) is 7.99. The molecule has 1 aliphatic carbocycles. The molecule has 5 N–H and O–H groups in total. The zero-order valence-corrected chi connectivity index (χ0v) is 18.8. The fourth-order valence-electron chi connectivity index (χ4n) is 3.07. The molecule has 1 atom stereocenters. The molecule has 0 spiro atoms. The summed E-state index contributed by atoms with van der Waals surface area (Å²) in [6, 6.07) is 3.42. The normalized spacial score (nSPS) is 15.0. The maximum absolute atomic E-state index is 13.2. The van der Waals surface area contributed by atoms with E-state index in [9.17, 15) is 9.59 Å². The van der Waals surface area contributed by atoms with Gasteiger partial charge in [0.25, 0.3) is 11.8 Å². The van der Waals surface area contributed by atoms with Gasteiger partial charge in [-0.2, -0.15) is 0 Å². The van der Waals surface area contributed by atoms with Crippen molar-refractivity contribution in [2.24, 2.45) is 10.7 Å². The molecule has 2 amide bonds. The van der Waals surface area contributed by atoms with Gasteiger partial charge in [0, 0.05) is 38.0 Å². The van der Waals surface area contributed by atoms with E-state index in [1.165, 1.54) is 26.7 Å². The van der Waals surface area contributed by atoms with Gasteiger partial charge in [-0.25, -0.2) is 15.0 Å². The van der Waals surface area contributed by atoms with E-state index in [4.69, 9.17) is 10.5 Å². The second kappa shape index (κ2) is 11.1. The Balaban J connectivity index is 1.88. The number of nitrogens with two attached hydrogens (primary N) is 1. The SMILES string of the molecule is CN=CC(NC(=O)c1nc(C2CC2)ccc1Nc1cncnc1)=C(N)C(=O)NC(C)COC. The smallest absolute Gasteiger partial charge is 0.276 e. The maximum Gasteiger partial charge on any atom is 0.276 e. The lowest BCUT2D eigenvalue weighted by atomic mass is 10.2. The van der Waals surface area contributed by atoms with E-state index in [1.54, 1.807) is 25.4 Å². The van der Waals surface area contributed by atoms with E-state index in [0.717, 1.165) is 18.5 Å². The summed E-state index contributed by atoms with van der Waals surface area (Å²) in [6.07, 6.45) is 7.97. The number of ether oxygens (including phenoxy) is 1. The van der Waals surface area contributed by atoms with Crippen LogP contribution in [0.3, 0.4) is 0 Å². The first kappa shape index (κ1) is 23.8. The van der Waals surface area contributed by atoms with Crippen molar-refractivity contribution < 1.29 is 14.3 Å². The molecular formula is C22H28N8O3. The number of anilines is 2. The largest absolute Gasteiger partial charge is 0.393 e. The first-order valence-electron chi connectivity index (χ1n) is 10.5. The minimum absolute atomic E-state index is 0.0669. The molecule has 2 heterocycles. The fourth-order valence-corrected chi connectivity index (χ4v) is 3.07. The van der Waals surface area contributed by atoms with Crippen LogP contribution >= 0.6 is 0 Å². The van der Waals surface area contributed by atoms with E-state index in [1.807, 2.05) is 6.07 Å². The average Bonchev–Trinajstić information content (AvgIpc) is 3.65. The predicted molar refractivity (Wildman–Crippen MR) is 124 cm³/mol. The Hall–Kier alpha value is -3.86. The monoisotopic (exact) mass is 452 g/mol. The van der Waals surface area contributed by atoms with Gasteiger partial charge >= 0.3 is 0 Å². The number of carbonyl (C=O) groups is 2. The topological polar surface area (TPSA) is 157 Å². The van der Waals surface area contributed by atoms with E-state index < -0.39 is 11.8 Å². The minimum atomic E-state index is -0.547. The number of rotatable bonds is 10. The van der Waals surface area contributed by atoms with Crippen molar-refractivity contribution in [2.45, 2.75) is 31.7 Å². The Bertz CT molecular complexity index is 1050. The summed E-state index contributed by atoms with van der Waals surface area (Å²) in [5, 5.41) is 8.50. The van der Waals surface area contributed by atoms with Crippen molar-refractivity contribution in [3.05, 3.63) is 53.6 Å². The summed E-state index contributed by atoms with van der Waals surface area (Å²) < 4.78 is 5.02. The Morgan fingerprint density at radius 1 is 1.30 bits per heavy atom. The molecule has 33 heavy (non-hydrogen) atoms. The predicted octanol–water partition coefficient (Wildman–Crippen LogP) is 1.24. The van der Waals surface area contributed by atoms with Crippen molar-refractivity contribution in [1.29, 1.82) is 0 Å². The van der Waals surface area contributed by atoms with Crippen molar-refractivity contribution in [3.63, 3.8) is 0 Å². The number of methoxy groups -OCH3 is 1. The zero-order valence-electron chi connectivity index (χ0n) is 18.8. The molecule has 1 aliphatic rings. The highest BCUT2D eigenvalue weighted by Gasteiger charge is 2.27. The number of pyridine rings is 1. The van der Waals surface area contributed by atoms with Crippen LogP contribution in [0.25, 0.3) is 0 Å². The van der Waals surface area contributed by atoms with Crippen molar-refractivity contribution in [3.8, 4) is 0 Å². The van der Waals surface area contributed by atoms with Gasteiger partial charge in [0.1, 0.15) is 12.0 Å². The number of hydrogen-bond donors (Lipinski definition) is 4. The third kappa shape index (κ3) is 6.56. The molecule has 174 valence electrons. The van der Waals surface area contributed by atoms with Gasteiger partial charge in [-0.15, -0.1) is 0 Å². The van der Waals surface area contributed by atoms with E-state index in [-0.39, 0.29) is 23.1 Å². The second-order valence-electron chi connectivity index (χ2n) is 7.66. The van der Waals surface area contributed by atoms with E-state index in [2.05, 4.69) is 35.9 Å². The molecule has 2 aromatic rings. The van der Waals surface area contributed by atoms with Crippen molar-refractivity contribution in [2.75, 3.05) is 26.1 Å². The lowest BCUT2D eigenvalue weighted by Crippen LogP contribution is -2.40. The van der Waals surface area contributed by atoms with Crippen LogP contribution in [0.4, 0.5) is 11.4 Å². The van der Waals surface area contributed by atoms with Crippen LogP contribution in [0.15, 0.2) is 47.2 Å². The van der Waals surface area contributed by atoms with E-state index >= 15 is 0 Å². The lowest BCUT2D eigenvalue weighted by Gasteiger charge is -2.16. The number of hydrogen-bond acceptors (Lipinski definition) is 9. The van der Waals surface area contributed by atoms with Crippen LogP contribution in [0.1, 0.15) is 41.9 Å². The Kier molecular flexibility index (Phi) is 8.03. The molecule has 11 heteroatoms. The number of nitrogens with zero attached hydrogens (tertiary/aromatic N) is 4. The molecule has 11 nitrogen and oxygen atoms in total. The van der Waals surface area contributed by atoms with Gasteiger partial charge in [0.05, 0.1) is 36.1 Å². The van der Waals surface area contributed by atoms with Crippen LogP contribution in [-0.4, -0.2) is 59.8 Å². The molecule has 0 bridgehead atoms. The van der Waals surface area contributed by atoms with Gasteiger partial charge in [-0.3, -0.25) is 14.6 Å². The third-order valence-electron chi connectivity index (χ3n) is 4.80. The highest BCUT2D eigenvalue weighted by atomic mass is 16.5. The van der Waals surface area contributed by atoms with Crippen molar-refractivity contribution >= 4 is 29.4 Å². The molecular weight excluding hydrogens is 424 g/mol. The molecule has 3 rings (SSSR count). The Morgan fingerprint density at radius 3 is 2.67 bits per heavy atom. The van der Waals surface area contributed by atoms with Gasteiger partial charge in [0.2, 0.25) is 0 Å². The van der Waals surface area contributed by atoms with Crippen LogP contribution in [0.2, 0.25) is 0 Å². The Labute approximate surface area is 192 Å². The van der Waals surface area contributed by atoms with Crippen LogP contribution in [0.5, 0.6) is 0 Å². The highest BCUT2D eigenvalue weighted by molar-refractivity contribution is 6.05. The van der Waals surface area contributed by atoms with Crippen LogP contribution in [0, 0.1) is 0 Å².